The number of amides is 4. The number of carbonyl (C=O) groups excluding carboxylic acids is 5. The lowest BCUT2D eigenvalue weighted by Crippen LogP contribution is -2.48. The van der Waals surface area contributed by atoms with Crippen LogP contribution in [0.5, 0.6) is 5.75 Å². The lowest BCUT2D eigenvalue weighted by molar-refractivity contribution is -0.167. The number of nitrogens with one attached hydrogen (secondary N) is 2. The van der Waals surface area contributed by atoms with Gasteiger partial charge in [-0.2, -0.15) is 0 Å². The predicted octanol–water partition coefficient (Wildman–Crippen LogP) is 7.44. The van der Waals surface area contributed by atoms with Crippen LogP contribution in [0.15, 0.2) is 41.4 Å². The molecule has 4 atom stereocenters. The molecule has 0 bridgehead atoms. The van der Waals surface area contributed by atoms with E-state index in [0.717, 1.165) is 19.3 Å². The molecule has 1 saturated heterocycles. The van der Waals surface area contributed by atoms with E-state index in [1.165, 1.54) is 103 Å². The number of aromatic hydroxyl groups is 1. The number of hydroxylamine groups is 4. The standard InChI is InChI=1S/C46H73N5O10/c1-3-4-5-6-7-8-9-10-11-12-13-14-15-16-17-18-19-30-42(54)50(58)31-24-23-28-38(48-43(55)39-34-60-44(49-39)36-26-20-21-29-40(36)52)46(57)61-35(2)33-41(53)47-37-27-22-25-32-51(59)45(37)56/h19-21,26,29-30,35,37-39,52,58-59H,3-18,22-25,27-28,31-34H2,1-2H3,(H,47,53)(H,48,55)/b30-19-/t35-,37+,38+,39+/m1/s1. The highest BCUT2D eigenvalue weighted by atomic mass is 16.5. The second kappa shape index (κ2) is 29.7. The first kappa shape index (κ1) is 50.9. The number of phenols is 1. The maximum absolute atomic E-state index is 13.4. The smallest absolute Gasteiger partial charge is 0.328 e. The minimum absolute atomic E-state index is 0.00423. The zero-order valence-corrected chi connectivity index (χ0v) is 36.7. The molecule has 0 radical (unpaired) electrons. The van der Waals surface area contributed by atoms with Crippen LogP contribution < -0.4 is 10.6 Å². The Hall–Kier alpha value is -4.50. The van der Waals surface area contributed by atoms with Crippen molar-refractivity contribution >= 4 is 35.5 Å². The molecule has 0 aliphatic carbocycles. The van der Waals surface area contributed by atoms with Gasteiger partial charge in [-0.15, -0.1) is 0 Å². The molecule has 2 aliphatic rings. The summed E-state index contributed by atoms with van der Waals surface area (Å²) in [7, 11) is 0. The number of carbonyl (C=O) groups is 5. The Balaban J connectivity index is 1.40. The van der Waals surface area contributed by atoms with E-state index in [1.807, 2.05) is 0 Å². The molecule has 2 aliphatic heterocycles. The van der Waals surface area contributed by atoms with Crippen LogP contribution >= 0.6 is 0 Å². The second-order valence-electron chi connectivity index (χ2n) is 16.5. The Morgan fingerprint density at radius 2 is 1.57 bits per heavy atom. The zero-order chi connectivity index (χ0) is 44.2. The van der Waals surface area contributed by atoms with Crippen LogP contribution in [0.3, 0.4) is 0 Å². The third kappa shape index (κ3) is 20.3. The summed E-state index contributed by atoms with van der Waals surface area (Å²) in [6, 6.07) is 3.34. The number of benzene rings is 1. The summed E-state index contributed by atoms with van der Waals surface area (Å²) in [6.45, 7) is 3.84. The van der Waals surface area contributed by atoms with Gasteiger partial charge in [-0.1, -0.05) is 115 Å². The molecule has 5 N–H and O–H groups in total. The van der Waals surface area contributed by atoms with E-state index in [2.05, 4.69) is 22.5 Å². The molecular weight excluding hydrogens is 783 g/mol. The molecule has 4 amide bonds. The highest BCUT2D eigenvalue weighted by Crippen LogP contribution is 2.22. The summed E-state index contributed by atoms with van der Waals surface area (Å²) in [4.78, 5) is 68.7. The molecule has 0 spiro atoms. The van der Waals surface area contributed by atoms with Crippen LogP contribution in [0.1, 0.15) is 167 Å². The van der Waals surface area contributed by atoms with Crippen molar-refractivity contribution in [3.8, 4) is 5.75 Å². The Morgan fingerprint density at radius 1 is 0.934 bits per heavy atom. The van der Waals surface area contributed by atoms with Crippen molar-refractivity contribution in [1.29, 1.82) is 0 Å². The van der Waals surface area contributed by atoms with E-state index in [0.29, 0.717) is 47.8 Å². The van der Waals surface area contributed by atoms with Crippen LogP contribution in [0.25, 0.3) is 0 Å². The fourth-order valence-corrected chi connectivity index (χ4v) is 7.44. The fourth-order valence-electron chi connectivity index (χ4n) is 7.44. The maximum atomic E-state index is 13.4. The molecule has 1 aromatic rings. The van der Waals surface area contributed by atoms with E-state index >= 15 is 0 Å². The normalized spacial score (nSPS) is 17.6. The Bertz CT molecular complexity index is 1550. The third-order valence-corrected chi connectivity index (χ3v) is 11.1. The van der Waals surface area contributed by atoms with Crippen molar-refractivity contribution in [2.75, 3.05) is 19.7 Å². The predicted molar refractivity (Wildman–Crippen MR) is 232 cm³/mol. The van der Waals surface area contributed by atoms with E-state index in [9.17, 15) is 39.5 Å². The van der Waals surface area contributed by atoms with E-state index in [-0.39, 0.29) is 44.2 Å². The molecular formula is C46H73N5O10. The monoisotopic (exact) mass is 856 g/mol. The number of phenolic OH excluding ortho intramolecular Hbond substituents is 1. The van der Waals surface area contributed by atoms with Crippen molar-refractivity contribution < 1.29 is 49.0 Å². The first-order chi connectivity index (χ1) is 29.5. The number of hydrogen-bond acceptors (Lipinski definition) is 11. The van der Waals surface area contributed by atoms with E-state index < -0.39 is 53.8 Å². The molecule has 1 aromatic carbocycles. The van der Waals surface area contributed by atoms with Gasteiger partial charge in [-0.3, -0.25) is 29.6 Å². The van der Waals surface area contributed by atoms with Crippen molar-refractivity contribution in [2.24, 2.45) is 4.99 Å². The number of allylic oxidation sites excluding steroid dienone is 1. The SMILES string of the molecule is CCCCCCCCCCCCCCCCC/C=C\C(=O)N(O)CCCC[C@H](NC(=O)[C@@H]1COC(c2ccccc2O)=N1)C(=O)O[C@H](C)CC(=O)N[C@H]1CCCCN(O)C1=O. The van der Waals surface area contributed by atoms with Gasteiger partial charge in [0.1, 0.15) is 30.5 Å². The molecule has 15 heteroatoms. The summed E-state index contributed by atoms with van der Waals surface area (Å²) in [5.74, 6) is -3.07. The summed E-state index contributed by atoms with van der Waals surface area (Å²) in [5.41, 5.74) is 0.320. The topological polar surface area (TPSA) is 207 Å². The van der Waals surface area contributed by atoms with Gasteiger partial charge in [0.15, 0.2) is 6.04 Å². The van der Waals surface area contributed by atoms with Gasteiger partial charge in [-0.25, -0.2) is 19.9 Å². The number of nitrogens with zero attached hydrogens (tertiary/aromatic N) is 3. The van der Waals surface area contributed by atoms with Gasteiger partial charge < -0.3 is 25.2 Å². The number of aliphatic imine (C=N–C) groups is 1. The first-order valence-corrected chi connectivity index (χ1v) is 23.0. The molecule has 1 fully saturated rings. The average Bonchev–Trinajstić information content (AvgIpc) is 3.68. The lowest BCUT2D eigenvalue weighted by atomic mass is 10.0. The highest BCUT2D eigenvalue weighted by molar-refractivity contribution is 6.00. The number of esters is 1. The summed E-state index contributed by atoms with van der Waals surface area (Å²) >= 11 is 0. The number of hydrogen-bond donors (Lipinski definition) is 5. The van der Waals surface area contributed by atoms with Crippen LogP contribution in [0.2, 0.25) is 0 Å². The molecule has 2 heterocycles. The molecule has 0 saturated carbocycles. The van der Waals surface area contributed by atoms with Crippen LogP contribution in [-0.4, -0.2) is 105 Å². The minimum atomic E-state index is -1.16. The minimum Gasteiger partial charge on any atom is -0.507 e. The number of para-hydroxylation sites is 1. The summed E-state index contributed by atoms with van der Waals surface area (Å²) in [6.07, 6.45) is 24.4. The molecule has 15 nitrogen and oxygen atoms in total. The van der Waals surface area contributed by atoms with Crippen LogP contribution in [-0.2, 0) is 33.4 Å². The number of ether oxygens (including phenoxy) is 2. The second-order valence-corrected chi connectivity index (χ2v) is 16.5. The number of unbranched alkanes of at least 4 members (excludes halogenated alkanes) is 16. The van der Waals surface area contributed by atoms with Gasteiger partial charge in [-0.05, 0) is 70.4 Å². The quantitative estimate of drug-likeness (QED) is 0.0170. The first-order valence-electron chi connectivity index (χ1n) is 23.0. The average molecular weight is 856 g/mol. The van der Waals surface area contributed by atoms with Crippen molar-refractivity contribution in [2.45, 2.75) is 186 Å². The Labute approximate surface area is 362 Å². The Morgan fingerprint density at radius 3 is 2.23 bits per heavy atom. The zero-order valence-electron chi connectivity index (χ0n) is 36.7. The lowest BCUT2D eigenvalue weighted by Gasteiger charge is -2.23. The number of rotatable bonds is 30. The van der Waals surface area contributed by atoms with Crippen molar-refractivity contribution in [1.82, 2.24) is 20.8 Å². The Kier molecular flexibility index (Phi) is 24.8. The van der Waals surface area contributed by atoms with Gasteiger partial charge in [0.05, 0.1) is 12.0 Å². The van der Waals surface area contributed by atoms with Crippen molar-refractivity contribution in [3.05, 3.63) is 42.0 Å². The largest absolute Gasteiger partial charge is 0.507 e. The molecule has 342 valence electrons. The summed E-state index contributed by atoms with van der Waals surface area (Å²) in [5, 5.41) is 37.0. The fraction of sp³-hybridized carbons (Fsp3) is 0.696. The summed E-state index contributed by atoms with van der Waals surface area (Å²) < 4.78 is 11.2. The molecule has 61 heavy (non-hydrogen) atoms. The van der Waals surface area contributed by atoms with Gasteiger partial charge >= 0.3 is 5.97 Å². The van der Waals surface area contributed by atoms with Gasteiger partial charge in [0.25, 0.3) is 11.8 Å². The molecule has 0 unspecified atom stereocenters. The third-order valence-electron chi connectivity index (χ3n) is 11.1. The van der Waals surface area contributed by atoms with Crippen LogP contribution in [0, 0.1) is 0 Å². The van der Waals surface area contributed by atoms with Crippen LogP contribution in [0.4, 0.5) is 0 Å². The maximum Gasteiger partial charge on any atom is 0.328 e. The van der Waals surface area contributed by atoms with Gasteiger partial charge in [0.2, 0.25) is 17.7 Å². The molecule has 3 rings (SSSR count). The van der Waals surface area contributed by atoms with Crippen molar-refractivity contribution in [3.63, 3.8) is 0 Å². The van der Waals surface area contributed by atoms with E-state index in [1.54, 1.807) is 24.3 Å². The highest BCUT2D eigenvalue weighted by Gasteiger charge is 2.33. The molecule has 0 aromatic heterocycles. The van der Waals surface area contributed by atoms with Gasteiger partial charge in [0, 0.05) is 19.2 Å². The van der Waals surface area contributed by atoms with E-state index in [4.69, 9.17) is 9.47 Å².